The second kappa shape index (κ2) is 10.1. The van der Waals surface area contributed by atoms with Crippen molar-refractivity contribution < 1.29 is 14.6 Å². The zero-order chi connectivity index (χ0) is 19.1. The summed E-state index contributed by atoms with van der Waals surface area (Å²) in [5.41, 5.74) is 0.646. The van der Waals surface area contributed by atoms with E-state index in [2.05, 4.69) is 15.5 Å². The fraction of sp³-hybridized carbons (Fsp3) is 0.526. The van der Waals surface area contributed by atoms with E-state index in [0.29, 0.717) is 23.1 Å². The largest absolute Gasteiger partial charge is 0.491 e. The van der Waals surface area contributed by atoms with E-state index in [1.807, 2.05) is 0 Å². The Morgan fingerprint density at radius 2 is 2.04 bits per heavy atom. The number of rotatable bonds is 9. The van der Waals surface area contributed by atoms with Crippen LogP contribution in [0.25, 0.3) is 0 Å². The summed E-state index contributed by atoms with van der Waals surface area (Å²) in [7, 11) is 0. The molecule has 2 N–H and O–H groups in total. The molecular formula is C19H25N3O3S2. The first-order chi connectivity index (χ1) is 13.1. The number of thioether (sulfide) groups is 1. The van der Waals surface area contributed by atoms with Gasteiger partial charge in [-0.25, -0.2) is 0 Å². The first kappa shape index (κ1) is 20.1. The normalized spacial score (nSPS) is 16.1. The highest BCUT2D eigenvalue weighted by Gasteiger charge is 2.16. The predicted octanol–water partition coefficient (Wildman–Crippen LogP) is 4.02. The minimum absolute atomic E-state index is 0.0207. The molecule has 0 radical (unpaired) electrons. The monoisotopic (exact) mass is 407 g/mol. The van der Waals surface area contributed by atoms with Gasteiger partial charge in [0.25, 0.3) is 0 Å². The molecule has 0 aliphatic heterocycles. The Bertz CT molecular complexity index is 730. The highest BCUT2D eigenvalue weighted by Crippen LogP contribution is 2.28. The molecule has 0 bridgehead atoms. The maximum absolute atomic E-state index is 11.3. The Morgan fingerprint density at radius 3 is 2.74 bits per heavy atom. The molecule has 0 saturated heterocycles. The maximum Gasteiger partial charge on any atom is 0.206 e. The average Bonchev–Trinajstić information content (AvgIpc) is 3.13. The van der Waals surface area contributed by atoms with Gasteiger partial charge in [0.2, 0.25) is 5.13 Å². The molecule has 27 heavy (non-hydrogen) atoms. The van der Waals surface area contributed by atoms with Gasteiger partial charge in [0.15, 0.2) is 10.1 Å². The van der Waals surface area contributed by atoms with Gasteiger partial charge in [-0.15, -0.1) is 10.2 Å². The number of ketones is 1. The number of nitrogens with one attached hydrogen (secondary N) is 1. The van der Waals surface area contributed by atoms with Crippen LogP contribution in [0.4, 0.5) is 5.13 Å². The molecule has 1 aromatic carbocycles. The number of ether oxygens (including phenoxy) is 1. The van der Waals surface area contributed by atoms with Crippen molar-refractivity contribution in [3.8, 4) is 5.75 Å². The van der Waals surface area contributed by atoms with Gasteiger partial charge < -0.3 is 15.2 Å². The number of nitrogens with zero attached hydrogens (tertiary/aromatic N) is 2. The second-order valence-electron chi connectivity index (χ2n) is 6.71. The number of hydrogen-bond acceptors (Lipinski definition) is 8. The molecule has 0 amide bonds. The van der Waals surface area contributed by atoms with Crippen LogP contribution in [-0.4, -0.2) is 45.6 Å². The van der Waals surface area contributed by atoms with Gasteiger partial charge in [0.05, 0.1) is 6.10 Å². The highest BCUT2D eigenvalue weighted by atomic mass is 32.2. The van der Waals surface area contributed by atoms with Crippen molar-refractivity contribution in [2.75, 3.05) is 17.7 Å². The number of aromatic nitrogens is 2. The Labute approximate surface area is 167 Å². The molecule has 1 fully saturated rings. The molecule has 146 valence electrons. The van der Waals surface area contributed by atoms with Crippen LogP contribution >= 0.6 is 23.1 Å². The standard InChI is InChI=1S/C19H25N3O3S2/c1-13(23)14-7-9-17(10-8-14)25-11-16(24)12-26-19-22-21-18(27-19)20-15-5-3-2-4-6-15/h7-10,15-16,24H,2-6,11-12H2,1H3,(H,20,21). The summed E-state index contributed by atoms with van der Waals surface area (Å²) in [6, 6.07) is 7.44. The highest BCUT2D eigenvalue weighted by molar-refractivity contribution is 8.01. The average molecular weight is 408 g/mol. The summed E-state index contributed by atoms with van der Waals surface area (Å²) in [5.74, 6) is 1.15. The van der Waals surface area contributed by atoms with Gasteiger partial charge in [-0.3, -0.25) is 4.79 Å². The number of Topliss-reactive ketones (excluding diaryl/α,β-unsaturated/α-hetero) is 1. The lowest BCUT2D eigenvalue weighted by Gasteiger charge is -2.21. The van der Waals surface area contributed by atoms with Gasteiger partial charge in [-0.1, -0.05) is 42.4 Å². The van der Waals surface area contributed by atoms with Crippen molar-refractivity contribution in [3.63, 3.8) is 0 Å². The molecule has 1 saturated carbocycles. The van der Waals surface area contributed by atoms with Crippen molar-refractivity contribution in [1.29, 1.82) is 0 Å². The van der Waals surface area contributed by atoms with E-state index in [9.17, 15) is 9.90 Å². The van der Waals surface area contributed by atoms with Crippen LogP contribution in [0.1, 0.15) is 49.4 Å². The van der Waals surface area contributed by atoms with Crippen LogP contribution in [0.5, 0.6) is 5.75 Å². The van der Waals surface area contributed by atoms with E-state index < -0.39 is 6.10 Å². The molecule has 1 aliphatic rings. The van der Waals surface area contributed by atoms with Gasteiger partial charge in [0.1, 0.15) is 12.4 Å². The maximum atomic E-state index is 11.3. The van der Waals surface area contributed by atoms with Crippen molar-refractivity contribution in [1.82, 2.24) is 10.2 Å². The van der Waals surface area contributed by atoms with Crippen molar-refractivity contribution >= 4 is 34.0 Å². The number of hydrogen-bond donors (Lipinski definition) is 2. The molecule has 1 heterocycles. The van der Waals surface area contributed by atoms with Gasteiger partial charge in [-0.2, -0.15) is 0 Å². The zero-order valence-corrected chi connectivity index (χ0v) is 17.0. The summed E-state index contributed by atoms with van der Waals surface area (Å²) >= 11 is 3.02. The van der Waals surface area contributed by atoms with Gasteiger partial charge in [0, 0.05) is 17.4 Å². The molecule has 1 unspecified atom stereocenters. The Balaban J connectivity index is 1.38. The Kier molecular flexibility index (Phi) is 7.49. The number of carbonyl (C=O) groups is 1. The lowest BCUT2D eigenvalue weighted by Crippen LogP contribution is -2.21. The van der Waals surface area contributed by atoms with Crippen LogP contribution in [-0.2, 0) is 0 Å². The first-order valence-corrected chi connectivity index (χ1v) is 11.0. The molecule has 0 spiro atoms. The number of aliphatic hydroxyl groups is 1. The number of benzene rings is 1. The van der Waals surface area contributed by atoms with E-state index >= 15 is 0 Å². The summed E-state index contributed by atoms with van der Waals surface area (Å²) < 4.78 is 6.42. The summed E-state index contributed by atoms with van der Waals surface area (Å²) in [5, 5.41) is 22.8. The fourth-order valence-corrected chi connectivity index (χ4v) is 4.70. The number of aliphatic hydroxyl groups excluding tert-OH is 1. The third-order valence-electron chi connectivity index (χ3n) is 4.44. The van der Waals surface area contributed by atoms with Crippen molar-refractivity contribution in [3.05, 3.63) is 29.8 Å². The summed E-state index contributed by atoms with van der Waals surface area (Å²) in [4.78, 5) is 11.3. The summed E-state index contributed by atoms with van der Waals surface area (Å²) in [6.07, 6.45) is 5.68. The SMILES string of the molecule is CC(=O)c1ccc(OCC(O)CSc2nnc(NC3CCCCC3)s2)cc1. The third-order valence-corrected chi connectivity index (χ3v) is 6.57. The minimum atomic E-state index is -0.610. The molecule has 1 aromatic heterocycles. The van der Waals surface area contributed by atoms with E-state index in [4.69, 9.17) is 4.74 Å². The van der Waals surface area contributed by atoms with Gasteiger partial charge in [-0.05, 0) is 44.0 Å². The minimum Gasteiger partial charge on any atom is -0.491 e. The zero-order valence-electron chi connectivity index (χ0n) is 15.4. The molecule has 6 nitrogen and oxygen atoms in total. The van der Waals surface area contributed by atoms with Gasteiger partial charge >= 0.3 is 0 Å². The summed E-state index contributed by atoms with van der Waals surface area (Å²) in [6.45, 7) is 1.72. The quantitative estimate of drug-likeness (QED) is 0.480. The Hall–Kier alpha value is -1.64. The van der Waals surface area contributed by atoms with Crippen LogP contribution < -0.4 is 10.1 Å². The Morgan fingerprint density at radius 1 is 1.30 bits per heavy atom. The van der Waals surface area contributed by atoms with Crippen LogP contribution in [0, 0.1) is 0 Å². The van der Waals surface area contributed by atoms with E-state index in [1.54, 1.807) is 24.3 Å². The molecule has 1 aliphatic carbocycles. The van der Waals surface area contributed by atoms with E-state index in [1.165, 1.54) is 62.1 Å². The third kappa shape index (κ3) is 6.48. The molecule has 1 atom stereocenters. The van der Waals surface area contributed by atoms with Crippen LogP contribution in [0.3, 0.4) is 0 Å². The van der Waals surface area contributed by atoms with E-state index in [0.717, 1.165) is 9.47 Å². The predicted molar refractivity (Wildman–Crippen MR) is 109 cm³/mol. The molecule has 3 rings (SSSR count). The molecular weight excluding hydrogens is 382 g/mol. The number of anilines is 1. The number of carbonyl (C=O) groups excluding carboxylic acids is 1. The topological polar surface area (TPSA) is 84.3 Å². The fourth-order valence-electron chi connectivity index (χ4n) is 2.94. The van der Waals surface area contributed by atoms with Crippen molar-refractivity contribution in [2.24, 2.45) is 0 Å². The lowest BCUT2D eigenvalue weighted by molar-refractivity contribution is 0.101. The first-order valence-electron chi connectivity index (χ1n) is 9.25. The molecule has 8 heteroatoms. The molecule has 2 aromatic rings. The van der Waals surface area contributed by atoms with Crippen LogP contribution in [0.2, 0.25) is 0 Å². The van der Waals surface area contributed by atoms with E-state index in [-0.39, 0.29) is 12.4 Å². The second-order valence-corrected chi connectivity index (χ2v) is 8.95. The van der Waals surface area contributed by atoms with Crippen molar-refractivity contribution in [2.45, 2.75) is 55.5 Å². The van der Waals surface area contributed by atoms with Crippen LogP contribution in [0.15, 0.2) is 28.6 Å². The lowest BCUT2D eigenvalue weighted by atomic mass is 9.96. The smallest absolute Gasteiger partial charge is 0.206 e.